The van der Waals surface area contributed by atoms with Crippen molar-refractivity contribution in [1.82, 2.24) is 4.57 Å². The van der Waals surface area contributed by atoms with E-state index in [0.29, 0.717) is 0 Å². The molecule has 604 valence electrons. The van der Waals surface area contributed by atoms with Crippen LogP contribution in [-0.4, -0.2) is 4.57 Å². The zero-order valence-corrected chi connectivity index (χ0v) is 71.5. The van der Waals surface area contributed by atoms with Gasteiger partial charge in [-0.05, 0) is 264 Å². The smallest absolute Gasteiger partial charge is 0.0714 e. The standard InChI is InChI=1S/C80H56N2.C46H29N/c1-53-21-17-29-61(49-53)81(63-31-19-27-59(51-63)79(57-23-5-3-6-24-57)71-37-13-9-33-65(71)66-34-10-14-38-72(66)79)75-47-43-55-42-46-70-76(48-44-56-41-45-69(75)77(55)78(56)70)82(62-30-18-22-54(2)50-62)64-32-20-28-60(52-64)80(58-25-7-4-8-26-58)73-39-15-11-35-67(73)68-36-12-16-40-74(68)80;1-2-14-32(15-3-1)43-37-18-8-10-20-39(37)44(40-21-11-9-19-38(40)43)33-22-26-34(27-23-33)47-41-28-24-30-12-4-6-16-35(30)45(41)46-36-17-7-5-13-31(36)25-29-42(46)47/h3-52H,1-2H3;1-29H. The summed E-state index contributed by atoms with van der Waals surface area (Å²) in [6.07, 6.45) is 0. The van der Waals surface area contributed by atoms with Crippen molar-refractivity contribution < 1.29 is 0 Å². The number of anilines is 6. The summed E-state index contributed by atoms with van der Waals surface area (Å²) in [6, 6.07) is 178. The molecule has 0 aliphatic heterocycles. The third-order valence-electron chi connectivity index (χ3n) is 28.0. The average Bonchev–Trinajstić information content (AvgIpc) is 1.55. The van der Waals surface area contributed by atoms with Crippen molar-refractivity contribution in [1.29, 1.82) is 0 Å². The Hall–Kier alpha value is -16.5. The molecule has 1 aromatic heterocycles. The Morgan fingerprint density at radius 3 is 0.907 bits per heavy atom. The predicted octanol–water partition coefficient (Wildman–Crippen LogP) is 33.6. The van der Waals surface area contributed by atoms with Gasteiger partial charge in [-0.2, -0.15) is 0 Å². The summed E-state index contributed by atoms with van der Waals surface area (Å²) < 4.78 is 2.45. The van der Waals surface area contributed by atoms with E-state index < -0.39 is 10.8 Å². The van der Waals surface area contributed by atoms with Gasteiger partial charge in [0.2, 0.25) is 0 Å². The van der Waals surface area contributed by atoms with E-state index in [-0.39, 0.29) is 0 Å². The summed E-state index contributed by atoms with van der Waals surface area (Å²) in [6.45, 7) is 4.40. The van der Waals surface area contributed by atoms with Crippen LogP contribution in [0.25, 0.3) is 147 Å². The van der Waals surface area contributed by atoms with Crippen molar-refractivity contribution in [2.24, 2.45) is 0 Å². The number of aromatic nitrogens is 1. The molecule has 0 saturated carbocycles. The number of rotatable bonds is 13. The van der Waals surface area contributed by atoms with Gasteiger partial charge in [0, 0.05) is 50.0 Å². The van der Waals surface area contributed by atoms with Gasteiger partial charge in [-0.25, -0.2) is 0 Å². The molecule has 2 aliphatic rings. The summed E-state index contributed by atoms with van der Waals surface area (Å²) in [7, 11) is 0. The van der Waals surface area contributed by atoms with Crippen LogP contribution in [0, 0.1) is 13.8 Å². The topological polar surface area (TPSA) is 11.4 Å². The summed E-state index contributed by atoms with van der Waals surface area (Å²) in [4.78, 5) is 5.00. The number of nitrogens with zero attached hydrogens (tertiary/aromatic N) is 3. The molecule has 0 atom stereocenters. The largest absolute Gasteiger partial charge is 0.310 e. The van der Waals surface area contributed by atoms with E-state index in [2.05, 4.69) is 507 Å². The van der Waals surface area contributed by atoms with Crippen LogP contribution in [0.3, 0.4) is 0 Å². The summed E-state index contributed by atoms with van der Waals surface area (Å²) in [5.74, 6) is 0. The number of hydrogen-bond donors (Lipinski definition) is 0. The Labute approximate surface area is 750 Å². The summed E-state index contributed by atoms with van der Waals surface area (Å²) in [5.41, 5.74) is 31.9. The SMILES string of the molecule is Cc1cccc(N(c2cccc(C3(c4ccccc4)c4ccccc4-c4ccccc43)c2)c2ccc3ccc4c(N(c5cccc(C)c5)c5cccc(C6(c7ccccc7)c7ccccc7-c7ccccc76)c5)ccc5ccc2c3c54)c1.c1ccc(-c2c3ccccc3c(-c3ccc(-n4c5ccc6ccccc6c5c5c6ccccc6ccc54)cc3)c3ccccc23)cc1. The van der Waals surface area contributed by atoms with Crippen LogP contribution in [0.4, 0.5) is 34.1 Å². The maximum absolute atomic E-state index is 2.50. The van der Waals surface area contributed by atoms with Crippen LogP contribution in [0.15, 0.2) is 479 Å². The number of hydrogen-bond acceptors (Lipinski definition) is 2. The summed E-state index contributed by atoms with van der Waals surface area (Å²) in [5, 5.41) is 20.1. The fourth-order valence-electron chi connectivity index (χ4n) is 22.7. The minimum Gasteiger partial charge on any atom is -0.310 e. The highest BCUT2D eigenvalue weighted by molar-refractivity contribution is 6.30. The lowest BCUT2D eigenvalue weighted by molar-refractivity contribution is 0.768. The Bertz CT molecular complexity index is 8050. The lowest BCUT2D eigenvalue weighted by Gasteiger charge is -2.35. The van der Waals surface area contributed by atoms with Gasteiger partial charge in [0.1, 0.15) is 0 Å². The van der Waals surface area contributed by atoms with Gasteiger partial charge >= 0.3 is 0 Å². The molecule has 0 amide bonds. The molecule has 0 N–H and O–H groups in total. The molecule has 0 saturated heterocycles. The van der Waals surface area contributed by atoms with E-state index in [1.807, 2.05) is 0 Å². The second-order valence-corrected chi connectivity index (χ2v) is 34.9. The monoisotopic (exact) mass is 1640 g/mol. The minimum absolute atomic E-state index is 0.543. The number of benzene rings is 23. The number of fused-ring (bicyclic) bond motifs is 15. The molecule has 0 unspecified atom stereocenters. The second kappa shape index (κ2) is 30.2. The van der Waals surface area contributed by atoms with Gasteiger partial charge in [-0.15, -0.1) is 0 Å². The zero-order valence-electron chi connectivity index (χ0n) is 71.5. The van der Waals surface area contributed by atoms with E-state index in [1.54, 1.807) is 0 Å². The van der Waals surface area contributed by atoms with Gasteiger partial charge < -0.3 is 14.4 Å². The van der Waals surface area contributed by atoms with Crippen molar-refractivity contribution in [3.63, 3.8) is 0 Å². The molecule has 0 radical (unpaired) electrons. The summed E-state index contributed by atoms with van der Waals surface area (Å²) >= 11 is 0. The van der Waals surface area contributed by atoms with Crippen molar-refractivity contribution in [2.45, 2.75) is 24.7 Å². The lowest BCUT2D eigenvalue weighted by Crippen LogP contribution is -2.28. The molecule has 129 heavy (non-hydrogen) atoms. The second-order valence-electron chi connectivity index (χ2n) is 34.9. The van der Waals surface area contributed by atoms with E-state index >= 15 is 0 Å². The van der Waals surface area contributed by atoms with E-state index in [1.165, 1.54) is 197 Å². The predicted molar refractivity (Wildman–Crippen MR) is 545 cm³/mol. The van der Waals surface area contributed by atoms with Crippen LogP contribution < -0.4 is 9.80 Å². The molecule has 0 spiro atoms. The Balaban J connectivity index is 0.000000162. The first-order chi connectivity index (χ1) is 63.8. The highest BCUT2D eigenvalue weighted by Gasteiger charge is 2.48. The number of aryl methyl sites for hydroxylation is 2. The maximum atomic E-state index is 2.50. The third kappa shape index (κ3) is 11.6. The van der Waals surface area contributed by atoms with E-state index in [0.717, 1.165) is 39.8 Å². The molecule has 23 aromatic carbocycles. The zero-order chi connectivity index (χ0) is 85.4. The quantitative estimate of drug-likeness (QED) is 0.0842. The molecule has 3 heteroatoms. The molecular weight excluding hydrogens is 1560 g/mol. The van der Waals surface area contributed by atoms with Gasteiger partial charge in [-0.3, -0.25) is 0 Å². The normalized spacial score (nSPS) is 12.9. The van der Waals surface area contributed by atoms with Crippen LogP contribution in [-0.2, 0) is 10.8 Å². The molecular formula is C126H85N3. The fourth-order valence-corrected chi connectivity index (χ4v) is 22.7. The van der Waals surface area contributed by atoms with Crippen LogP contribution in [0.1, 0.15) is 55.6 Å². The average molecular weight is 1640 g/mol. The molecule has 3 nitrogen and oxygen atoms in total. The van der Waals surface area contributed by atoms with E-state index in [4.69, 9.17) is 0 Å². The van der Waals surface area contributed by atoms with Crippen LogP contribution in [0.2, 0.25) is 0 Å². The molecule has 24 aromatic rings. The van der Waals surface area contributed by atoms with Gasteiger partial charge in [0.15, 0.2) is 0 Å². The molecule has 2 aliphatic carbocycles. The highest BCUT2D eigenvalue weighted by Crippen LogP contribution is 2.60. The van der Waals surface area contributed by atoms with Gasteiger partial charge in [0.25, 0.3) is 0 Å². The van der Waals surface area contributed by atoms with Crippen molar-refractivity contribution in [3.05, 3.63) is 535 Å². The van der Waals surface area contributed by atoms with Crippen molar-refractivity contribution in [2.75, 3.05) is 9.80 Å². The Kier molecular flexibility index (Phi) is 17.6. The molecule has 0 bridgehead atoms. The maximum Gasteiger partial charge on any atom is 0.0714 e. The van der Waals surface area contributed by atoms with Crippen molar-refractivity contribution in [3.8, 4) is 50.2 Å². The van der Waals surface area contributed by atoms with E-state index in [9.17, 15) is 0 Å². The first-order valence-electron chi connectivity index (χ1n) is 44.9. The van der Waals surface area contributed by atoms with Crippen LogP contribution >= 0.6 is 0 Å². The highest BCUT2D eigenvalue weighted by atomic mass is 15.2. The van der Waals surface area contributed by atoms with Gasteiger partial charge in [-0.1, -0.05) is 394 Å². The first-order valence-corrected chi connectivity index (χ1v) is 44.9. The third-order valence-corrected chi connectivity index (χ3v) is 28.0. The lowest BCUT2D eigenvalue weighted by atomic mass is 9.67. The Morgan fingerprint density at radius 1 is 0.202 bits per heavy atom. The molecule has 26 rings (SSSR count). The fraction of sp³-hybridized carbons (Fsp3) is 0.0317. The first kappa shape index (κ1) is 75.1. The Morgan fingerprint density at radius 2 is 0.512 bits per heavy atom. The van der Waals surface area contributed by atoms with Crippen LogP contribution in [0.5, 0.6) is 0 Å². The molecule has 0 fully saturated rings. The van der Waals surface area contributed by atoms with Crippen molar-refractivity contribution >= 4 is 131 Å². The minimum atomic E-state index is -0.543. The molecule has 1 heterocycles. The van der Waals surface area contributed by atoms with Gasteiger partial charge in [0.05, 0.1) is 33.2 Å².